The molecule has 2 heteroatoms. The summed E-state index contributed by atoms with van der Waals surface area (Å²) in [7, 11) is 0. The summed E-state index contributed by atoms with van der Waals surface area (Å²) in [4.78, 5) is 3.41. The second-order valence-corrected chi connectivity index (χ2v) is 5.14. The third kappa shape index (κ3) is 1.45. The molecule has 0 atom stereocenters. The number of fused-ring (bicyclic) bond motifs is 3. The van der Waals surface area contributed by atoms with E-state index in [1.165, 1.54) is 27.4 Å². The molecule has 2 aromatic carbocycles. The van der Waals surface area contributed by atoms with Crippen LogP contribution in [0.4, 0.5) is 0 Å². The Bertz CT molecular complexity index is 694. The van der Waals surface area contributed by atoms with Gasteiger partial charge in [-0.1, -0.05) is 30.8 Å². The van der Waals surface area contributed by atoms with Crippen molar-refractivity contribution in [3.05, 3.63) is 54.6 Å². The summed E-state index contributed by atoms with van der Waals surface area (Å²) < 4.78 is 1.07. The van der Waals surface area contributed by atoms with Crippen molar-refractivity contribution < 1.29 is 0 Å². The standard InChI is InChI=1S/C14H10IN/c1-9(15)10-6-7-14-12(8-10)11-4-2-3-5-13(11)16-14/h2-8,16H,1H2. The van der Waals surface area contributed by atoms with E-state index in [2.05, 4.69) is 76.6 Å². The van der Waals surface area contributed by atoms with E-state index in [9.17, 15) is 0 Å². The van der Waals surface area contributed by atoms with E-state index in [0.717, 1.165) is 3.58 Å². The Morgan fingerprint density at radius 2 is 1.75 bits per heavy atom. The molecule has 0 saturated carbocycles. The van der Waals surface area contributed by atoms with E-state index in [4.69, 9.17) is 0 Å². The molecule has 1 aromatic heterocycles. The van der Waals surface area contributed by atoms with Crippen molar-refractivity contribution in [3.8, 4) is 0 Å². The molecule has 0 aliphatic heterocycles. The average molecular weight is 319 g/mol. The van der Waals surface area contributed by atoms with Gasteiger partial charge in [0.2, 0.25) is 0 Å². The molecule has 0 saturated heterocycles. The van der Waals surface area contributed by atoms with Crippen molar-refractivity contribution in [3.63, 3.8) is 0 Å². The Morgan fingerprint density at radius 3 is 2.56 bits per heavy atom. The highest BCUT2D eigenvalue weighted by Crippen LogP contribution is 2.29. The molecule has 0 fully saturated rings. The average Bonchev–Trinajstić information content (AvgIpc) is 2.66. The fourth-order valence-electron chi connectivity index (χ4n) is 2.02. The highest BCUT2D eigenvalue weighted by Gasteiger charge is 2.04. The molecule has 3 aromatic rings. The minimum absolute atomic E-state index is 1.07. The fraction of sp³-hybridized carbons (Fsp3) is 0. The van der Waals surface area contributed by atoms with E-state index >= 15 is 0 Å². The first-order valence-electron chi connectivity index (χ1n) is 5.11. The van der Waals surface area contributed by atoms with Crippen LogP contribution in [0, 0.1) is 0 Å². The van der Waals surface area contributed by atoms with E-state index in [1.807, 2.05) is 0 Å². The number of nitrogens with one attached hydrogen (secondary N) is 1. The number of halogens is 1. The summed E-state index contributed by atoms with van der Waals surface area (Å²) >= 11 is 2.26. The van der Waals surface area contributed by atoms with Gasteiger partial charge < -0.3 is 4.98 Å². The molecule has 0 bridgehead atoms. The Morgan fingerprint density at radius 1 is 1.00 bits per heavy atom. The lowest BCUT2D eigenvalue weighted by molar-refractivity contribution is 1.54. The van der Waals surface area contributed by atoms with Gasteiger partial charge in [-0.05, 0) is 46.4 Å². The first-order valence-corrected chi connectivity index (χ1v) is 6.19. The van der Waals surface area contributed by atoms with E-state index in [1.54, 1.807) is 0 Å². The lowest BCUT2D eigenvalue weighted by atomic mass is 10.1. The molecule has 1 heterocycles. The highest BCUT2D eigenvalue weighted by molar-refractivity contribution is 14.1. The summed E-state index contributed by atoms with van der Waals surface area (Å²) in [6.07, 6.45) is 0. The monoisotopic (exact) mass is 319 g/mol. The van der Waals surface area contributed by atoms with Gasteiger partial charge in [0.05, 0.1) is 0 Å². The lowest BCUT2D eigenvalue weighted by Crippen LogP contribution is -1.74. The third-order valence-corrected chi connectivity index (χ3v) is 3.44. The molecule has 0 aliphatic rings. The molecule has 3 rings (SSSR count). The topological polar surface area (TPSA) is 15.8 Å². The predicted octanol–water partition coefficient (Wildman–Crippen LogP) is 4.73. The number of aromatic nitrogens is 1. The van der Waals surface area contributed by atoms with Crippen molar-refractivity contribution in [1.29, 1.82) is 0 Å². The first-order chi connectivity index (χ1) is 7.75. The Labute approximate surface area is 107 Å². The fourth-order valence-corrected chi connectivity index (χ4v) is 2.35. The summed E-state index contributed by atoms with van der Waals surface area (Å²) in [6, 6.07) is 14.8. The van der Waals surface area contributed by atoms with Crippen molar-refractivity contribution >= 4 is 48.0 Å². The van der Waals surface area contributed by atoms with Gasteiger partial charge in [-0.15, -0.1) is 0 Å². The minimum atomic E-state index is 1.07. The summed E-state index contributed by atoms with van der Waals surface area (Å²) in [5.41, 5.74) is 3.56. The molecule has 0 spiro atoms. The molecular formula is C14H10IN. The Balaban J connectivity index is 2.44. The Kier molecular flexibility index (Phi) is 2.24. The second kappa shape index (κ2) is 3.63. The highest BCUT2D eigenvalue weighted by atomic mass is 127. The summed E-state index contributed by atoms with van der Waals surface area (Å²) in [5, 5.41) is 2.54. The van der Waals surface area contributed by atoms with Gasteiger partial charge >= 0.3 is 0 Å². The maximum absolute atomic E-state index is 3.97. The minimum Gasteiger partial charge on any atom is -0.355 e. The maximum Gasteiger partial charge on any atom is 0.0465 e. The van der Waals surface area contributed by atoms with Crippen LogP contribution in [0.2, 0.25) is 0 Å². The quantitative estimate of drug-likeness (QED) is 0.624. The van der Waals surface area contributed by atoms with E-state index in [0.29, 0.717) is 0 Å². The number of para-hydroxylation sites is 1. The summed E-state index contributed by atoms with van der Waals surface area (Å²) in [5.74, 6) is 0. The van der Waals surface area contributed by atoms with Gasteiger partial charge in [-0.2, -0.15) is 0 Å². The zero-order valence-electron chi connectivity index (χ0n) is 8.63. The smallest absolute Gasteiger partial charge is 0.0465 e. The maximum atomic E-state index is 3.97. The van der Waals surface area contributed by atoms with Crippen LogP contribution in [0.25, 0.3) is 25.4 Å². The van der Waals surface area contributed by atoms with Crippen LogP contribution in [0.3, 0.4) is 0 Å². The number of aromatic amines is 1. The van der Waals surface area contributed by atoms with Crippen molar-refractivity contribution in [2.45, 2.75) is 0 Å². The molecular weight excluding hydrogens is 309 g/mol. The molecule has 78 valence electrons. The van der Waals surface area contributed by atoms with Gasteiger partial charge in [0.1, 0.15) is 0 Å². The van der Waals surface area contributed by atoms with Gasteiger partial charge in [-0.3, -0.25) is 0 Å². The van der Waals surface area contributed by atoms with Crippen molar-refractivity contribution in [2.24, 2.45) is 0 Å². The zero-order valence-corrected chi connectivity index (χ0v) is 10.8. The third-order valence-electron chi connectivity index (χ3n) is 2.82. The number of H-pyrrole nitrogens is 1. The van der Waals surface area contributed by atoms with Crippen LogP contribution in [-0.4, -0.2) is 4.98 Å². The van der Waals surface area contributed by atoms with Crippen LogP contribution >= 0.6 is 22.6 Å². The largest absolute Gasteiger partial charge is 0.355 e. The van der Waals surface area contributed by atoms with Gasteiger partial charge in [0, 0.05) is 25.4 Å². The number of hydrogen-bond donors (Lipinski definition) is 1. The molecule has 0 amide bonds. The molecule has 1 nitrogen and oxygen atoms in total. The molecule has 1 N–H and O–H groups in total. The SMILES string of the molecule is C=C(I)c1ccc2[nH]c3ccccc3c2c1. The molecule has 0 unspecified atom stereocenters. The van der Waals surface area contributed by atoms with E-state index in [-0.39, 0.29) is 0 Å². The molecule has 16 heavy (non-hydrogen) atoms. The molecule has 0 radical (unpaired) electrons. The van der Waals surface area contributed by atoms with Crippen LogP contribution in [0.15, 0.2) is 49.0 Å². The second-order valence-electron chi connectivity index (χ2n) is 3.84. The van der Waals surface area contributed by atoms with Crippen molar-refractivity contribution in [1.82, 2.24) is 4.98 Å². The molecule has 0 aliphatic carbocycles. The van der Waals surface area contributed by atoms with Crippen LogP contribution in [0.1, 0.15) is 5.56 Å². The van der Waals surface area contributed by atoms with Crippen LogP contribution < -0.4 is 0 Å². The normalized spacial score (nSPS) is 11.1. The van der Waals surface area contributed by atoms with Gasteiger partial charge in [0.15, 0.2) is 0 Å². The number of rotatable bonds is 1. The van der Waals surface area contributed by atoms with Crippen LogP contribution in [0.5, 0.6) is 0 Å². The Hall–Kier alpha value is -1.29. The van der Waals surface area contributed by atoms with Gasteiger partial charge in [-0.25, -0.2) is 0 Å². The lowest BCUT2D eigenvalue weighted by Gasteiger charge is -1.98. The number of benzene rings is 2. The van der Waals surface area contributed by atoms with Crippen LogP contribution in [-0.2, 0) is 0 Å². The summed E-state index contributed by atoms with van der Waals surface area (Å²) in [6.45, 7) is 3.97. The van der Waals surface area contributed by atoms with Gasteiger partial charge in [0.25, 0.3) is 0 Å². The zero-order chi connectivity index (χ0) is 11.1. The number of hydrogen-bond acceptors (Lipinski definition) is 0. The van der Waals surface area contributed by atoms with Crippen molar-refractivity contribution in [2.75, 3.05) is 0 Å². The predicted molar refractivity (Wildman–Crippen MR) is 78.9 cm³/mol. The first kappa shape index (κ1) is 9.90. The van der Waals surface area contributed by atoms with E-state index < -0.39 is 0 Å².